The van der Waals surface area contributed by atoms with Gasteiger partial charge in [0.15, 0.2) is 0 Å². The number of nitrogens with two attached hydrogens (primary N) is 1. The third kappa shape index (κ3) is 2.90. The number of hydrogen-bond donors (Lipinski definition) is 2. The SMILES string of the molecule is CCc1cccc(NC(=O)c2cc3cc(N)ccc3s2)c1. The Morgan fingerprint density at radius 3 is 2.86 bits per heavy atom. The number of thiophene rings is 1. The Balaban J connectivity index is 1.86. The standard InChI is InChI=1S/C17H16N2OS/c1-2-11-4-3-5-14(8-11)19-17(20)16-10-12-9-13(18)6-7-15(12)21-16/h3-10H,2,18H2,1H3,(H,19,20). The van der Waals surface area contributed by atoms with Crippen LogP contribution in [-0.4, -0.2) is 5.91 Å². The van der Waals surface area contributed by atoms with Gasteiger partial charge in [0, 0.05) is 16.1 Å². The first-order valence-corrected chi connectivity index (χ1v) is 7.66. The van der Waals surface area contributed by atoms with E-state index in [1.54, 1.807) is 0 Å². The number of nitrogen functional groups attached to an aromatic ring is 1. The Bertz CT molecular complexity index is 807. The van der Waals surface area contributed by atoms with Gasteiger partial charge < -0.3 is 11.1 Å². The van der Waals surface area contributed by atoms with Crippen molar-refractivity contribution in [3.8, 4) is 0 Å². The molecule has 1 aromatic heterocycles. The average molecular weight is 296 g/mol. The maximum absolute atomic E-state index is 12.3. The minimum atomic E-state index is -0.0805. The molecule has 2 aromatic carbocycles. The van der Waals surface area contributed by atoms with Gasteiger partial charge >= 0.3 is 0 Å². The normalized spacial score (nSPS) is 10.7. The molecule has 106 valence electrons. The van der Waals surface area contributed by atoms with Crippen molar-refractivity contribution in [1.82, 2.24) is 0 Å². The molecule has 0 atom stereocenters. The number of fused-ring (bicyclic) bond motifs is 1. The summed E-state index contributed by atoms with van der Waals surface area (Å²) < 4.78 is 1.07. The Morgan fingerprint density at radius 1 is 1.19 bits per heavy atom. The van der Waals surface area contributed by atoms with E-state index in [2.05, 4.69) is 18.3 Å². The van der Waals surface area contributed by atoms with E-state index in [0.29, 0.717) is 10.6 Å². The third-order valence-corrected chi connectivity index (χ3v) is 4.47. The molecule has 0 saturated heterocycles. The minimum Gasteiger partial charge on any atom is -0.399 e. The molecule has 1 amide bonds. The summed E-state index contributed by atoms with van der Waals surface area (Å²) in [5.74, 6) is -0.0805. The van der Waals surface area contributed by atoms with Crippen LogP contribution >= 0.6 is 11.3 Å². The Labute approximate surface area is 127 Å². The molecule has 0 unspecified atom stereocenters. The fourth-order valence-corrected chi connectivity index (χ4v) is 3.17. The van der Waals surface area contributed by atoms with Gasteiger partial charge in [-0.25, -0.2) is 0 Å². The van der Waals surface area contributed by atoms with E-state index < -0.39 is 0 Å². The van der Waals surface area contributed by atoms with Crippen LogP contribution in [0.1, 0.15) is 22.2 Å². The maximum atomic E-state index is 12.3. The van der Waals surface area contributed by atoms with Crippen molar-refractivity contribution >= 4 is 38.7 Å². The molecule has 3 aromatic rings. The van der Waals surface area contributed by atoms with Gasteiger partial charge in [0.25, 0.3) is 5.91 Å². The number of nitrogens with one attached hydrogen (secondary N) is 1. The number of rotatable bonds is 3. The molecule has 0 aliphatic carbocycles. The molecule has 0 spiro atoms. The van der Waals surface area contributed by atoms with Gasteiger partial charge in [-0.2, -0.15) is 0 Å². The second-order valence-corrected chi connectivity index (χ2v) is 6.00. The second kappa shape index (κ2) is 5.58. The van der Waals surface area contributed by atoms with E-state index in [-0.39, 0.29) is 5.91 Å². The predicted molar refractivity (Wildman–Crippen MR) is 90.0 cm³/mol. The summed E-state index contributed by atoms with van der Waals surface area (Å²) >= 11 is 1.48. The zero-order valence-electron chi connectivity index (χ0n) is 11.7. The van der Waals surface area contributed by atoms with Crippen LogP contribution in [0, 0.1) is 0 Å². The van der Waals surface area contributed by atoms with E-state index in [4.69, 9.17) is 5.73 Å². The predicted octanol–water partition coefficient (Wildman–Crippen LogP) is 4.30. The average Bonchev–Trinajstić information content (AvgIpc) is 2.90. The molecule has 0 saturated carbocycles. The van der Waals surface area contributed by atoms with Gasteiger partial charge in [-0.1, -0.05) is 19.1 Å². The Morgan fingerprint density at radius 2 is 2.05 bits per heavy atom. The first-order chi connectivity index (χ1) is 10.2. The van der Waals surface area contributed by atoms with Gasteiger partial charge in [0.05, 0.1) is 4.88 Å². The van der Waals surface area contributed by atoms with E-state index >= 15 is 0 Å². The molecule has 3 rings (SSSR count). The monoisotopic (exact) mass is 296 g/mol. The van der Waals surface area contributed by atoms with Crippen molar-refractivity contribution < 1.29 is 4.79 Å². The molecule has 3 nitrogen and oxygen atoms in total. The van der Waals surface area contributed by atoms with Gasteiger partial charge in [-0.3, -0.25) is 4.79 Å². The summed E-state index contributed by atoms with van der Waals surface area (Å²) in [6, 6.07) is 15.5. The van der Waals surface area contributed by atoms with Gasteiger partial charge in [0.2, 0.25) is 0 Å². The van der Waals surface area contributed by atoms with Crippen molar-refractivity contribution in [2.75, 3.05) is 11.1 Å². The van der Waals surface area contributed by atoms with Crippen LogP contribution in [-0.2, 0) is 6.42 Å². The zero-order chi connectivity index (χ0) is 14.8. The van der Waals surface area contributed by atoms with Crippen LogP contribution in [0.4, 0.5) is 11.4 Å². The van der Waals surface area contributed by atoms with Gasteiger partial charge in [-0.05, 0) is 53.8 Å². The van der Waals surface area contributed by atoms with Crippen molar-refractivity contribution in [1.29, 1.82) is 0 Å². The zero-order valence-corrected chi connectivity index (χ0v) is 12.5. The minimum absolute atomic E-state index is 0.0805. The highest BCUT2D eigenvalue weighted by molar-refractivity contribution is 7.20. The van der Waals surface area contributed by atoms with E-state index in [1.165, 1.54) is 16.9 Å². The summed E-state index contributed by atoms with van der Waals surface area (Å²) in [5.41, 5.74) is 8.52. The number of benzene rings is 2. The summed E-state index contributed by atoms with van der Waals surface area (Å²) in [4.78, 5) is 13.0. The van der Waals surface area contributed by atoms with Crippen LogP contribution in [0.5, 0.6) is 0 Å². The number of carbonyl (C=O) groups excluding carboxylic acids is 1. The van der Waals surface area contributed by atoms with E-state index in [9.17, 15) is 4.79 Å². The molecule has 0 aliphatic heterocycles. The van der Waals surface area contributed by atoms with Crippen LogP contribution in [0.3, 0.4) is 0 Å². The summed E-state index contributed by atoms with van der Waals surface area (Å²) in [6.45, 7) is 2.09. The summed E-state index contributed by atoms with van der Waals surface area (Å²) in [6.07, 6.45) is 0.950. The first-order valence-electron chi connectivity index (χ1n) is 6.85. The molecule has 0 aliphatic rings. The van der Waals surface area contributed by atoms with Gasteiger partial charge in [0.1, 0.15) is 0 Å². The summed E-state index contributed by atoms with van der Waals surface area (Å²) in [5, 5.41) is 3.96. The van der Waals surface area contributed by atoms with E-state index in [1.807, 2.05) is 42.5 Å². The number of anilines is 2. The fourth-order valence-electron chi connectivity index (χ4n) is 2.24. The molecule has 0 radical (unpaired) electrons. The van der Waals surface area contributed by atoms with Crippen LogP contribution in [0.2, 0.25) is 0 Å². The van der Waals surface area contributed by atoms with Crippen LogP contribution in [0.15, 0.2) is 48.5 Å². The number of carbonyl (C=O) groups is 1. The molecular formula is C17H16N2OS. The molecule has 21 heavy (non-hydrogen) atoms. The lowest BCUT2D eigenvalue weighted by Gasteiger charge is -2.05. The lowest BCUT2D eigenvalue weighted by molar-refractivity contribution is 0.103. The second-order valence-electron chi connectivity index (χ2n) is 4.92. The highest BCUT2D eigenvalue weighted by atomic mass is 32.1. The Hall–Kier alpha value is -2.33. The van der Waals surface area contributed by atoms with Crippen molar-refractivity contribution in [2.45, 2.75) is 13.3 Å². The highest BCUT2D eigenvalue weighted by Gasteiger charge is 2.11. The number of amides is 1. The largest absolute Gasteiger partial charge is 0.399 e. The maximum Gasteiger partial charge on any atom is 0.265 e. The lowest BCUT2D eigenvalue weighted by atomic mass is 10.1. The third-order valence-electron chi connectivity index (χ3n) is 3.36. The molecular weight excluding hydrogens is 280 g/mol. The van der Waals surface area contributed by atoms with Crippen LogP contribution < -0.4 is 11.1 Å². The van der Waals surface area contributed by atoms with Crippen molar-refractivity contribution in [3.63, 3.8) is 0 Å². The van der Waals surface area contributed by atoms with E-state index in [0.717, 1.165) is 22.2 Å². The highest BCUT2D eigenvalue weighted by Crippen LogP contribution is 2.28. The molecule has 0 fully saturated rings. The summed E-state index contributed by atoms with van der Waals surface area (Å²) in [7, 11) is 0. The topological polar surface area (TPSA) is 55.1 Å². The van der Waals surface area contributed by atoms with Gasteiger partial charge in [-0.15, -0.1) is 11.3 Å². The Kier molecular flexibility index (Phi) is 3.62. The fraction of sp³-hybridized carbons (Fsp3) is 0.118. The number of hydrogen-bond acceptors (Lipinski definition) is 3. The number of aryl methyl sites for hydroxylation is 1. The van der Waals surface area contributed by atoms with Crippen molar-refractivity contribution in [2.24, 2.45) is 0 Å². The quantitative estimate of drug-likeness (QED) is 0.708. The molecule has 4 heteroatoms. The first kappa shape index (κ1) is 13.6. The smallest absolute Gasteiger partial charge is 0.265 e. The lowest BCUT2D eigenvalue weighted by Crippen LogP contribution is -2.10. The molecule has 0 bridgehead atoms. The van der Waals surface area contributed by atoms with Crippen molar-refractivity contribution in [3.05, 3.63) is 59.0 Å². The van der Waals surface area contributed by atoms with Crippen LogP contribution in [0.25, 0.3) is 10.1 Å². The molecule has 1 heterocycles. The molecule has 3 N–H and O–H groups in total.